The van der Waals surface area contributed by atoms with Crippen molar-refractivity contribution in [2.45, 2.75) is 36.5 Å². The molecule has 1 aliphatic rings. The summed E-state index contributed by atoms with van der Waals surface area (Å²) in [6.07, 6.45) is 2.53. The highest BCUT2D eigenvalue weighted by Crippen LogP contribution is 2.25. The number of ether oxygens (including phenoxy) is 1. The van der Waals surface area contributed by atoms with Gasteiger partial charge in [-0.3, -0.25) is 0 Å². The molecule has 0 aliphatic carbocycles. The Labute approximate surface area is 166 Å². The Balaban J connectivity index is 1.98. The Morgan fingerprint density at radius 1 is 1.37 bits per heavy atom. The number of benzene rings is 1. The molecule has 1 atom stereocenters. The Morgan fingerprint density at radius 2 is 2.22 bits per heavy atom. The molecule has 7 nitrogen and oxygen atoms in total. The number of aliphatic imine (C=N–C) groups is 1. The molecule has 152 valence electrons. The topological polar surface area (TPSA) is 91.8 Å². The molecule has 0 amide bonds. The highest BCUT2D eigenvalue weighted by molar-refractivity contribution is 8.00. The number of hydrogen-bond acceptors (Lipinski definition) is 5. The van der Waals surface area contributed by atoms with Gasteiger partial charge in [0, 0.05) is 32.0 Å². The molecular weight excluding hydrogens is 384 g/mol. The molecule has 9 heteroatoms. The number of guanidine groups is 1. The summed E-state index contributed by atoms with van der Waals surface area (Å²) in [5.74, 6) is 2.00. The summed E-state index contributed by atoms with van der Waals surface area (Å²) >= 11 is 2.00. The van der Waals surface area contributed by atoms with Gasteiger partial charge >= 0.3 is 0 Å². The zero-order valence-electron chi connectivity index (χ0n) is 16.0. The minimum Gasteiger partial charge on any atom is -0.383 e. The van der Waals surface area contributed by atoms with E-state index in [1.807, 2.05) is 24.8 Å². The predicted octanol–water partition coefficient (Wildman–Crippen LogP) is 1.56. The van der Waals surface area contributed by atoms with Crippen molar-refractivity contribution in [3.63, 3.8) is 0 Å². The van der Waals surface area contributed by atoms with Crippen molar-refractivity contribution in [3.05, 3.63) is 29.8 Å². The first kappa shape index (κ1) is 22.0. The van der Waals surface area contributed by atoms with Crippen LogP contribution in [0.3, 0.4) is 0 Å². The molecule has 1 aromatic rings. The average Bonchev–Trinajstić information content (AvgIpc) is 3.18. The second-order valence-electron chi connectivity index (χ2n) is 6.25. The van der Waals surface area contributed by atoms with Gasteiger partial charge in [0.25, 0.3) is 0 Å². The number of nitrogens with zero attached hydrogens (tertiary/aromatic N) is 1. The minimum absolute atomic E-state index is 0.242. The Morgan fingerprint density at radius 3 is 2.93 bits per heavy atom. The molecule has 1 aromatic carbocycles. The van der Waals surface area contributed by atoms with Crippen LogP contribution in [0, 0.1) is 0 Å². The number of methoxy groups -OCH3 is 1. The van der Waals surface area contributed by atoms with Crippen molar-refractivity contribution in [3.8, 4) is 0 Å². The first-order valence-corrected chi connectivity index (χ1v) is 11.8. The van der Waals surface area contributed by atoms with Gasteiger partial charge in [-0.15, -0.1) is 0 Å². The maximum absolute atomic E-state index is 12.3. The molecule has 2 rings (SSSR count). The summed E-state index contributed by atoms with van der Waals surface area (Å²) in [4.78, 5) is 4.84. The van der Waals surface area contributed by atoms with Gasteiger partial charge < -0.3 is 15.4 Å². The van der Waals surface area contributed by atoms with Crippen LogP contribution >= 0.6 is 11.8 Å². The Kier molecular flexibility index (Phi) is 9.40. The predicted molar refractivity (Wildman–Crippen MR) is 112 cm³/mol. The van der Waals surface area contributed by atoms with E-state index in [0.29, 0.717) is 18.4 Å². The Bertz CT molecular complexity index is 704. The van der Waals surface area contributed by atoms with E-state index in [1.54, 1.807) is 18.2 Å². The summed E-state index contributed by atoms with van der Waals surface area (Å²) in [7, 11) is -2.00. The molecule has 0 bridgehead atoms. The summed E-state index contributed by atoms with van der Waals surface area (Å²) in [6.45, 7) is 4.69. The fraction of sp³-hybridized carbons (Fsp3) is 0.611. The van der Waals surface area contributed by atoms with E-state index < -0.39 is 10.0 Å². The third kappa shape index (κ3) is 7.69. The maximum atomic E-state index is 12.3. The van der Waals surface area contributed by atoms with Gasteiger partial charge in [-0.25, -0.2) is 18.1 Å². The third-order valence-corrected chi connectivity index (χ3v) is 6.95. The minimum atomic E-state index is -3.54. The first-order valence-electron chi connectivity index (χ1n) is 9.26. The van der Waals surface area contributed by atoms with Crippen molar-refractivity contribution >= 4 is 27.7 Å². The van der Waals surface area contributed by atoms with Crippen LogP contribution in [0.4, 0.5) is 0 Å². The van der Waals surface area contributed by atoms with Gasteiger partial charge in [0.15, 0.2) is 5.96 Å². The zero-order valence-corrected chi connectivity index (χ0v) is 17.7. The zero-order chi connectivity index (χ0) is 19.5. The molecule has 1 heterocycles. The van der Waals surface area contributed by atoms with Crippen LogP contribution in [0.2, 0.25) is 0 Å². The smallest absolute Gasteiger partial charge is 0.240 e. The van der Waals surface area contributed by atoms with Gasteiger partial charge in [0.05, 0.1) is 18.0 Å². The molecule has 1 fully saturated rings. The lowest BCUT2D eigenvalue weighted by molar-refractivity contribution is 0.204. The number of rotatable bonds is 10. The second kappa shape index (κ2) is 11.5. The highest BCUT2D eigenvalue weighted by Gasteiger charge is 2.16. The van der Waals surface area contributed by atoms with Gasteiger partial charge in [-0.2, -0.15) is 11.8 Å². The van der Waals surface area contributed by atoms with E-state index >= 15 is 0 Å². The van der Waals surface area contributed by atoms with Crippen LogP contribution in [0.5, 0.6) is 0 Å². The maximum Gasteiger partial charge on any atom is 0.240 e. The monoisotopic (exact) mass is 414 g/mol. The normalized spacial score (nSPS) is 17.9. The van der Waals surface area contributed by atoms with Crippen molar-refractivity contribution < 1.29 is 13.2 Å². The van der Waals surface area contributed by atoms with Crippen LogP contribution < -0.4 is 15.4 Å². The highest BCUT2D eigenvalue weighted by atomic mass is 32.2. The second-order valence-corrected chi connectivity index (χ2v) is 9.42. The van der Waals surface area contributed by atoms with Gasteiger partial charge in [0.2, 0.25) is 10.0 Å². The van der Waals surface area contributed by atoms with Crippen LogP contribution in [0.15, 0.2) is 34.2 Å². The summed E-state index contributed by atoms with van der Waals surface area (Å²) in [6, 6.07) is 6.87. The van der Waals surface area contributed by atoms with Gasteiger partial charge in [-0.05, 0) is 43.2 Å². The molecule has 0 saturated carbocycles. The van der Waals surface area contributed by atoms with Crippen LogP contribution in [-0.4, -0.2) is 58.7 Å². The number of sulfonamides is 1. The average molecular weight is 415 g/mol. The van der Waals surface area contributed by atoms with Crippen molar-refractivity contribution in [1.29, 1.82) is 0 Å². The van der Waals surface area contributed by atoms with Crippen molar-refractivity contribution in [2.24, 2.45) is 4.99 Å². The molecule has 27 heavy (non-hydrogen) atoms. The molecule has 3 N–H and O–H groups in total. The quantitative estimate of drug-likeness (QED) is 0.306. The standard InChI is InChI=1S/C18H30N4O3S2/c1-3-19-18(21-14-16-7-5-11-26-16)20-13-15-6-4-8-17(12-15)27(23,24)22-9-10-25-2/h4,6,8,12,16,22H,3,5,7,9-11,13-14H2,1-2H3,(H2,19,20,21). The molecule has 0 radical (unpaired) electrons. The molecule has 1 unspecified atom stereocenters. The van der Waals surface area contributed by atoms with E-state index in [4.69, 9.17) is 4.74 Å². The van der Waals surface area contributed by atoms with Crippen LogP contribution in [0.1, 0.15) is 25.3 Å². The van der Waals surface area contributed by atoms with E-state index in [-0.39, 0.29) is 11.4 Å². The van der Waals surface area contributed by atoms with E-state index in [1.165, 1.54) is 25.7 Å². The summed E-state index contributed by atoms with van der Waals surface area (Å²) in [5.41, 5.74) is 0.845. The van der Waals surface area contributed by atoms with Crippen molar-refractivity contribution in [1.82, 2.24) is 15.4 Å². The van der Waals surface area contributed by atoms with Crippen molar-refractivity contribution in [2.75, 3.05) is 39.1 Å². The van der Waals surface area contributed by atoms with Crippen LogP contribution in [-0.2, 0) is 21.3 Å². The van der Waals surface area contributed by atoms with E-state index in [2.05, 4.69) is 20.3 Å². The lowest BCUT2D eigenvalue weighted by atomic mass is 10.2. The lowest BCUT2D eigenvalue weighted by Crippen LogP contribution is -2.40. The molecule has 0 spiro atoms. The SMILES string of the molecule is CCNC(=NCc1cccc(S(=O)(=O)NCCOC)c1)NCC1CCCS1. The third-order valence-electron chi connectivity index (χ3n) is 4.09. The Hall–Kier alpha value is -1.29. The number of hydrogen-bond donors (Lipinski definition) is 3. The molecule has 1 saturated heterocycles. The van der Waals surface area contributed by atoms with E-state index in [9.17, 15) is 8.42 Å². The number of nitrogens with one attached hydrogen (secondary N) is 3. The molecule has 1 aliphatic heterocycles. The first-order chi connectivity index (χ1) is 13.0. The largest absolute Gasteiger partial charge is 0.383 e. The van der Waals surface area contributed by atoms with Gasteiger partial charge in [0.1, 0.15) is 0 Å². The lowest BCUT2D eigenvalue weighted by Gasteiger charge is -2.14. The van der Waals surface area contributed by atoms with E-state index in [0.717, 1.165) is 24.6 Å². The summed E-state index contributed by atoms with van der Waals surface area (Å²) in [5, 5.41) is 7.27. The fourth-order valence-corrected chi connectivity index (χ4v) is 4.98. The van der Waals surface area contributed by atoms with Crippen LogP contribution in [0.25, 0.3) is 0 Å². The van der Waals surface area contributed by atoms with Gasteiger partial charge in [-0.1, -0.05) is 12.1 Å². The fourth-order valence-electron chi connectivity index (χ4n) is 2.70. The molecule has 0 aromatic heterocycles. The molecular formula is C18H30N4O3S2. The summed E-state index contributed by atoms with van der Waals surface area (Å²) < 4.78 is 32.0. The number of thioether (sulfide) groups is 1.